The van der Waals surface area contributed by atoms with Crippen LogP contribution in [0.1, 0.15) is 35.4 Å². The topological polar surface area (TPSA) is 45.5 Å². The zero-order chi connectivity index (χ0) is 15.2. The summed E-state index contributed by atoms with van der Waals surface area (Å²) in [6, 6.07) is 12.2. The minimum Gasteiger partial charge on any atom is -0.459 e. The molecular formula is C18H22N2O2. The molecule has 1 aromatic carbocycles. The Balaban J connectivity index is 1.41. The van der Waals surface area contributed by atoms with Crippen LogP contribution in [0.4, 0.5) is 5.69 Å². The number of furan rings is 1. The van der Waals surface area contributed by atoms with Crippen LogP contribution in [0.3, 0.4) is 0 Å². The van der Waals surface area contributed by atoms with Crippen LogP contribution in [0.2, 0.25) is 0 Å². The number of anilines is 1. The molecule has 116 valence electrons. The van der Waals surface area contributed by atoms with Crippen molar-refractivity contribution in [1.29, 1.82) is 0 Å². The van der Waals surface area contributed by atoms with Crippen LogP contribution in [0.25, 0.3) is 0 Å². The van der Waals surface area contributed by atoms with Crippen molar-refractivity contribution in [2.24, 2.45) is 0 Å². The number of nitrogens with zero attached hydrogens (tertiary/aromatic N) is 1. The van der Waals surface area contributed by atoms with Crippen molar-refractivity contribution in [2.75, 3.05) is 24.5 Å². The van der Waals surface area contributed by atoms with Gasteiger partial charge < -0.3 is 14.6 Å². The average Bonchev–Trinajstić information content (AvgIpc) is 3.25. The fourth-order valence-electron chi connectivity index (χ4n) is 2.84. The first-order valence-electron chi connectivity index (χ1n) is 7.98. The van der Waals surface area contributed by atoms with Crippen molar-refractivity contribution < 1.29 is 9.21 Å². The molecule has 2 heterocycles. The molecule has 4 nitrogen and oxygen atoms in total. The van der Waals surface area contributed by atoms with Crippen LogP contribution in [0, 0.1) is 0 Å². The van der Waals surface area contributed by atoms with E-state index in [9.17, 15) is 4.79 Å². The first-order chi connectivity index (χ1) is 10.8. The number of hydrogen-bond donors (Lipinski definition) is 1. The summed E-state index contributed by atoms with van der Waals surface area (Å²) < 4.78 is 5.06. The van der Waals surface area contributed by atoms with Crippen molar-refractivity contribution in [1.82, 2.24) is 5.32 Å². The monoisotopic (exact) mass is 298 g/mol. The van der Waals surface area contributed by atoms with E-state index in [1.165, 1.54) is 43.4 Å². The fourth-order valence-corrected chi connectivity index (χ4v) is 2.84. The van der Waals surface area contributed by atoms with E-state index in [1.54, 1.807) is 12.1 Å². The van der Waals surface area contributed by atoms with Crippen LogP contribution < -0.4 is 10.2 Å². The Labute approximate surface area is 131 Å². The van der Waals surface area contributed by atoms with Gasteiger partial charge in [-0.05, 0) is 55.5 Å². The molecule has 0 spiro atoms. The zero-order valence-corrected chi connectivity index (χ0v) is 12.8. The van der Waals surface area contributed by atoms with Crippen molar-refractivity contribution in [3.8, 4) is 0 Å². The molecule has 0 saturated carbocycles. The second-order valence-corrected chi connectivity index (χ2v) is 5.70. The molecule has 1 aliphatic rings. The van der Waals surface area contributed by atoms with E-state index in [1.807, 2.05) is 0 Å². The average molecular weight is 298 g/mol. The Bertz CT molecular complexity index is 584. The van der Waals surface area contributed by atoms with Gasteiger partial charge in [0, 0.05) is 25.3 Å². The largest absolute Gasteiger partial charge is 0.459 e. The lowest BCUT2D eigenvalue weighted by molar-refractivity contribution is 0.0925. The molecule has 1 aromatic heterocycles. The Hall–Kier alpha value is -2.23. The Morgan fingerprint density at radius 1 is 1.14 bits per heavy atom. The van der Waals surface area contributed by atoms with Crippen molar-refractivity contribution in [2.45, 2.75) is 25.7 Å². The quantitative estimate of drug-likeness (QED) is 0.833. The summed E-state index contributed by atoms with van der Waals surface area (Å²) in [6.07, 6.45) is 6.01. The summed E-state index contributed by atoms with van der Waals surface area (Å²) in [6.45, 7) is 3.02. The van der Waals surface area contributed by atoms with Gasteiger partial charge in [0.05, 0.1) is 6.26 Å². The predicted molar refractivity (Wildman–Crippen MR) is 87.3 cm³/mol. The lowest BCUT2D eigenvalue weighted by Crippen LogP contribution is -2.24. The molecule has 0 aliphatic carbocycles. The van der Waals surface area contributed by atoms with Crippen LogP contribution in [-0.4, -0.2) is 25.5 Å². The number of nitrogens with one attached hydrogen (secondary N) is 1. The standard InChI is InChI=1S/C18H22N2O2/c21-18(17-6-4-14-22-17)19-11-3-5-15-7-9-16(10-8-15)20-12-1-2-13-20/h4,6-10,14H,1-3,5,11-13H2,(H,19,21). The number of benzene rings is 1. The minimum absolute atomic E-state index is 0.144. The summed E-state index contributed by atoms with van der Waals surface area (Å²) in [5.41, 5.74) is 2.64. The highest BCUT2D eigenvalue weighted by Gasteiger charge is 2.11. The predicted octanol–water partition coefficient (Wildman–Crippen LogP) is 3.24. The number of hydrogen-bond acceptors (Lipinski definition) is 3. The number of carbonyl (C=O) groups is 1. The zero-order valence-electron chi connectivity index (χ0n) is 12.8. The van der Waals surface area contributed by atoms with E-state index in [-0.39, 0.29) is 5.91 Å². The Morgan fingerprint density at radius 2 is 1.91 bits per heavy atom. The summed E-state index contributed by atoms with van der Waals surface area (Å²) >= 11 is 0. The molecule has 1 fully saturated rings. The molecule has 1 aliphatic heterocycles. The van der Waals surface area contributed by atoms with E-state index in [2.05, 4.69) is 34.5 Å². The van der Waals surface area contributed by atoms with Gasteiger partial charge in [-0.25, -0.2) is 0 Å². The van der Waals surface area contributed by atoms with Crippen molar-refractivity contribution in [3.05, 3.63) is 54.0 Å². The highest BCUT2D eigenvalue weighted by Crippen LogP contribution is 2.20. The number of rotatable bonds is 6. The molecule has 1 N–H and O–H groups in total. The summed E-state index contributed by atoms with van der Waals surface area (Å²) in [5, 5.41) is 2.87. The molecule has 2 aromatic rings. The first-order valence-corrected chi connectivity index (χ1v) is 7.98. The lowest BCUT2D eigenvalue weighted by atomic mass is 10.1. The molecule has 3 rings (SSSR count). The molecule has 0 atom stereocenters. The molecule has 1 saturated heterocycles. The highest BCUT2D eigenvalue weighted by molar-refractivity contribution is 5.91. The van der Waals surface area contributed by atoms with Gasteiger partial charge in [0.1, 0.15) is 0 Å². The molecule has 4 heteroatoms. The number of carbonyl (C=O) groups excluding carboxylic acids is 1. The van der Waals surface area contributed by atoms with E-state index >= 15 is 0 Å². The third-order valence-electron chi connectivity index (χ3n) is 4.08. The molecular weight excluding hydrogens is 276 g/mol. The van der Waals surface area contributed by atoms with Gasteiger partial charge in [0.15, 0.2) is 5.76 Å². The normalized spacial score (nSPS) is 14.3. The number of amides is 1. The maximum absolute atomic E-state index is 11.7. The van der Waals surface area contributed by atoms with Crippen LogP contribution in [0.15, 0.2) is 47.1 Å². The van der Waals surface area contributed by atoms with Crippen LogP contribution in [0.5, 0.6) is 0 Å². The first kappa shape index (κ1) is 14.7. The fraction of sp³-hybridized carbons (Fsp3) is 0.389. The van der Waals surface area contributed by atoms with E-state index in [4.69, 9.17) is 4.42 Å². The van der Waals surface area contributed by atoms with Gasteiger partial charge in [0.25, 0.3) is 5.91 Å². The molecule has 0 unspecified atom stereocenters. The minimum atomic E-state index is -0.144. The van der Waals surface area contributed by atoms with E-state index in [0.717, 1.165) is 12.8 Å². The maximum atomic E-state index is 11.7. The van der Waals surface area contributed by atoms with Gasteiger partial charge in [0.2, 0.25) is 0 Å². The molecule has 0 bridgehead atoms. The third kappa shape index (κ3) is 3.70. The van der Waals surface area contributed by atoms with Gasteiger partial charge in [-0.15, -0.1) is 0 Å². The SMILES string of the molecule is O=C(NCCCc1ccc(N2CCCC2)cc1)c1ccco1. The van der Waals surface area contributed by atoms with Crippen molar-refractivity contribution in [3.63, 3.8) is 0 Å². The maximum Gasteiger partial charge on any atom is 0.286 e. The molecule has 22 heavy (non-hydrogen) atoms. The van der Waals surface area contributed by atoms with Gasteiger partial charge >= 0.3 is 0 Å². The Morgan fingerprint density at radius 3 is 2.59 bits per heavy atom. The Kier molecular flexibility index (Phi) is 4.78. The summed E-state index contributed by atoms with van der Waals surface area (Å²) in [5.74, 6) is 0.226. The highest BCUT2D eigenvalue weighted by atomic mass is 16.3. The number of aryl methyl sites for hydroxylation is 1. The summed E-state index contributed by atoms with van der Waals surface area (Å²) in [4.78, 5) is 14.1. The van der Waals surface area contributed by atoms with Crippen molar-refractivity contribution >= 4 is 11.6 Å². The van der Waals surface area contributed by atoms with Crippen LogP contribution >= 0.6 is 0 Å². The smallest absolute Gasteiger partial charge is 0.286 e. The second kappa shape index (κ2) is 7.16. The van der Waals surface area contributed by atoms with E-state index in [0.29, 0.717) is 12.3 Å². The molecule has 1 amide bonds. The molecule has 0 radical (unpaired) electrons. The third-order valence-corrected chi connectivity index (χ3v) is 4.08. The van der Waals surface area contributed by atoms with Gasteiger partial charge in [-0.2, -0.15) is 0 Å². The van der Waals surface area contributed by atoms with Gasteiger partial charge in [-0.3, -0.25) is 4.79 Å². The van der Waals surface area contributed by atoms with Crippen LogP contribution in [-0.2, 0) is 6.42 Å². The second-order valence-electron chi connectivity index (χ2n) is 5.70. The van der Waals surface area contributed by atoms with Gasteiger partial charge in [-0.1, -0.05) is 12.1 Å². The van der Waals surface area contributed by atoms with E-state index < -0.39 is 0 Å². The summed E-state index contributed by atoms with van der Waals surface area (Å²) in [7, 11) is 0. The lowest BCUT2D eigenvalue weighted by Gasteiger charge is -2.17.